The second kappa shape index (κ2) is 7.45. The summed E-state index contributed by atoms with van der Waals surface area (Å²) in [5.41, 5.74) is 2.11. The highest BCUT2D eigenvalue weighted by Gasteiger charge is 2.21. The summed E-state index contributed by atoms with van der Waals surface area (Å²) in [6.07, 6.45) is 0. The maximum atomic E-state index is 12.9. The van der Waals surface area contributed by atoms with E-state index in [0.717, 1.165) is 10.2 Å². The van der Waals surface area contributed by atoms with Crippen molar-refractivity contribution in [2.24, 2.45) is 0 Å². The number of halogens is 1. The minimum Gasteiger partial charge on any atom is -0.311 e. The molecule has 4 heteroatoms. The third-order valence-electron chi connectivity index (χ3n) is 3.96. The van der Waals surface area contributed by atoms with Gasteiger partial charge in [-0.1, -0.05) is 52.3 Å². The van der Waals surface area contributed by atoms with Gasteiger partial charge in [0.05, 0.1) is 5.56 Å². The van der Waals surface area contributed by atoms with Crippen molar-refractivity contribution in [3.63, 3.8) is 0 Å². The minimum atomic E-state index is -0.215. The van der Waals surface area contributed by atoms with Crippen molar-refractivity contribution in [2.75, 3.05) is 11.9 Å². The zero-order chi connectivity index (χ0) is 17.8. The smallest absolute Gasteiger partial charge is 0.258 e. The van der Waals surface area contributed by atoms with Crippen LogP contribution in [-0.2, 0) is 0 Å². The molecule has 0 radical (unpaired) electrons. The number of carbonyl (C=O) groups excluding carboxylic acids is 2. The first-order valence-electron chi connectivity index (χ1n) is 7.80. The van der Waals surface area contributed by atoms with E-state index in [0.29, 0.717) is 16.7 Å². The largest absolute Gasteiger partial charge is 0.311 e. The van der Waals surface area contributed by atoms with Crippen LogP contribution in [0.15, 0.2) is 83.3 Å². The highest BCUT2D eigenvalue weighted by molar-refractivity contribution is 9.10. The number of ketones is 1. The minimum absolute atomic E-state index is 0.169. The lowest BCUT2D eigenvalue weighted by molar-refractivity contribution is 0.0976. The van der Waals surface area contributed by atoms with E-state index in [1.165, 1.54) is 0 Å². The molecular weight excluding hydrogens is 378 g/mol. The van der Waals surface area contributed by atoms with Crippen LogP contribution in [0.2, 0.25) is 0 Å². The molecule has 0 heterocycles. The van der Waals surface area contributed by atoms with Gasteiger partial charge >= 0.3 is 0 Å². The van der Waals surface area contributed by atoms with E-state index in [-0.39, 0.29) is 11.7 Å². The molecule has 3 aromatic rings. The van der Waals surface area contributed by atoms with Gasteiger partial charge in [0.25, 0.3) is 5.91 Å². The van der Waals surface area contributed by atoms with Gasteiger partial charge in [-0.3, -0.25) is 9.59 Å². The fourth-order valence-corrected chi connectivity index (χ4v) is 2.84. The molecule has 0 unspecified atom stereocenters. The average Bonchev–Trinajstić information content (AvgIpc) is 2.67. The van der Waals surface area contributed by atoms with Crippen molar-refractivity contribution in [2.45, 2.75) is 0 Å². The predicted octanol–water partition coefficient (Wildman–Crippen LogP) is 4.96. The highest BCUT2D eigenvalue weighted by atomic mass is 79.9. The van der Waals surface area contributed by atoms with E-state index in [2.05, 4.69) is 15.9 Å². The van der Waals surface area contributed by atoms with Gasteiger partial charge in [0.15, 0.2) is 5.78 Å². The van der Waals surface area contributed by atoms with Crippen molar-refractivity contribution in [3.05, 3.63) is 100 Å². The Hall–Kier alpha value is -2.72. The van der Waals surface area contributed by atoms with Crippen LogP contribution in [-0.4, -0.2) is 18.7 Å². The van der Waals surface area contributed by atoms with Crippen LogP contribution in [0.5, 0.6) is 0 Å². The van der Waals surface area contributed by atoms with E-state index >= 15 is 0 Å². The van der Waals surface area contributed by atoms with Gasteiger partial charge < -0.3 is 4.90 Å². The number of carbonyl (C=O) groups is 2. The Morgan fingerprint density at radius 2 is 1.32 bits per heavy atom. The first kappa shape index (κ1) is 17.1. The van der Waals surface area contributed by atoms with Crippen LogP contribution in [0.1, 0.15) is 26.3 Å². The van der Waals surface area contributed by atoms with Crippen molar-refractivity contribution < 1.29 is 9.59 Å². The van der Waals surface area contributed by atoms with Crippen LogP contribution in [0, 0.1) is 0 Å². The van der Waals surface area contributed by atoms with E-state index in [9.17, 15) is 9.59 Å². The lowest BCUT2D eigenvalue weighted by atomic mass is 9.97. The zero-order valence-corrected chi connectivity index (χ0v) is 15.2. The quantitative estimate of drug-likeness (QED) is 0.587. The fourth-order valence-electron chi connectivity index (χ4n) is 2.57. The summed E-state index contributed by atoms with van der Waals surface area (Å²) in [6, 6.07) is 23.4. The highest BCUT2D eigenvalue weighted by Crippen LogP contribution is 2.21. The summed E-state index contributed by atoms with van der Waals surface area (Å²) >= 11 is 3.36. The molecule has 3 aromatic carbocycles. The van der Waals surface area contributed by atoms with Crippen molar-refractivity contribution >= 4 is 33.3 Å². The molecule has 0 N–H and O–H groups in total. The molecule has 0 aliphatic rings. The van der Waals surface area contributed by atoms with Gasteiger partial charge in [0.1, 0.15) is 0 Å². The molecule has 0 bridgehead atoms. The molecule has 0 fully saturated rings. The van der Waals surface area contributed by atoms with E-state index in [4.69, 9.17) is 0 Å². The third kappa shape index (κ3) is 3.69. The van der Waals surface area contributed by atoms with Crippen LogP contribution in [0.25, 0.3) is 0 Å². The van der Waals surface area contributed by atoms with E-state index < -0.39 is 0 Å². The molecule has 25 heavy (non-hydrogen) atoms. The number of anilines is 1. The molecule has 1 amide bonds. The van der Waals surface area contributed by atoms with Crippen molar-refractivity contribution in [1.29, 1.82) is 0 Å². The number of para-hydroxylation sites is 1. The SMILES string of the molecule is CN(C(=O)c1ccccc1C(=O)c1ccc(Br)cc1)c1ccccc1. The number of benzene rings is 3. The number of hydrogen-bond donors (Lipinski definition) is 0. The van der Waals surface area contributed by atoms with Gasteiger partial charge in [-0.05, 0) is 42.5 Å². The lowest BCUT2D eigenvalue weighted by Crippen LogP contribution is -2.28. The van der Waals surface area contributed by atoms with Gasteiger partial charge in [0.2, 0.25) is 0 Å². The molecule has 124 valence electrons. The topological polar surface area (TPSA) is 37.4 Å². The number of amides is 1. The fraction of sp³-hybridized carbons (Fsp3) is 0.0476. The molecule has 0 aliphatic heterocycles. The van der Waals surface area contributed by atoms with Crippen LogP contribution in [0.3, 0.4) is 0 Å². The molecular formula is C21H16BrNO2. The Morgan fingerprint density at radius 1 is 0.760 bits per heavy atom. The van der Waals surface area contributed by atoms with Crippen LogP contribution < -0.4 is 4.90 Å². The maximum absolute atomic E-state index is 12.9. The Balaban J connectivity index is 1.97. The number of hydrogen-bond acceptors (Lipinski definition) is 2. The molecule has 0 saturated heterocycles. The number of rotatable bonds is 4. The zero-order valence-electron chi connectivity index (χ0n) is 13.6. The Labute approximate surface area is 155 Å². The van der Waals surface area contributed by atoms with Gasteiger partial charge in [-0.2, -0.15) is 0 Å². The molecule has 0 atom stereocenters. The maximum Gasteiger partial charge on any atom is 0.258 e. The molecule has 0 aliphatic carbocycles. The molecule has 3 rings (SSSR count). The summed E-state index contributed by atoms with van der Waals surface area (Å²) in [5.74, 6) is -0.384. The summed E-state index contributed by atoms with van der Waals surface area (Å²) in [6.45, 7) is 0. The summed E-state index contributed by atoms with van der Waals surface area (Å²) in [5, 5.41) is 0. The van der Waals surface area contributed by atoms with Gasteiger partial charge in [-0.15, -0.1) is 0 Å². The Bertz CT molecular complexity index is 905. The second-order valence-corrected chi connectivity index (χ2v) is 6.50. The number of nitrogens with zero attached hydrogens (tertiary/aromatic N) is 1. The third-order valence-corrected chi connectivity index (χ3v) is 4.49. The summed E-state index contributed by atoms with van der Waals surface area (Å²) in [7, 11) is 1.71. The van der Waals surface area contributed by atoms with E-state index in [1.54, 1.807) is 48.3 Å². The Morgan fingerprint density at radius 3 is 1.96 bits per heavy atom. The second-order valence-electron chi connectivity index (χ2n) is 5.58. The summed E-state index contributed by atoms with van der Waals surface area (Å²) in [4.78, 5) is 27.3. The van der Waals surface area contributed by atoms with Gasteiger partial charge in [0, 0.05) is 28.3 Å². The van der Waals surface area contributed by atoms with Gasteiger partial charge in [-0.25, -0.2) is 0 Å². The monoisotopic (exact) mass is 393 g/mol. The molecule has 3 nitrogen and oxygen atoms in total. The first-order valence-corrected chi connectivity index (χ1v) is 8.59. The standard InChI is InChI=1S/C21H16BrNO2/c1-23(17-7-3-2-4-8-17)21(25)19-10-6-5-9-18(19)20(24)15-11-13-16(22)14-12-15/h2-14H,1H3. The molecule has 0 spiro atoms. The lowest BCUT2D eigenvalue weighted by Gasteiger charge is -2.19. The van der Waals surface area contributed by atoms with Crippen molar-refractivity contribution in [3.8, 4) is 0 Å². The van der Waals surface area contributed by atoms with E-state index in [1.807, 2.05) is 42.5 Å². The Kier molecular flexibility index (Phi) is 5.10. The average molecular weight is 394 g/mol. The van der Waals surface area contributed by atoms with Crippen LogP contribution >= 0.6 is 15.9 Å². The predicted molar refractivity (Wildman–Crippen MR) is 103 cm³/mol. The molecule has 0 aromatic heterocycles. The normalized spacial score (nSPS) is 10.3. The molecule has 0 saturated carbocycles. The summed E-state index contributed by atoms with van der Waals surface area (Å²) < 4.78 is 0.900. The first-order chi connectivity index (χ1) is 12.1. The van der Waals surface area contributed by atoms with Crippen LogP contribution in [0.4, 0.5) is 5.69 Å². The van der Waals surface area contributed by atoms with Crippen molar-refractivity contribution in [1.82, 2.24) is 0 Å².